The molecule has 1 rings (SSSR count). The fourth-order valence-corrected chi connectivity index (χ4v) is 2.34. The molecule has 10 heavy (non-hydrogen) atoms. The van der Waals surface area contributed by atoms with Crippen LogP contribution in [0.15, 0.2) is 0 Å². The Balaban J connectivity index is 0.000000810. The van der Waals surface area contributed by atoms with E-state index in [4.69, 9.17) is 0 Å². The molecule has 0 saturated heterocycles. The van der Waals surface area contributed by atoms with Gasteiger partial charge < -0.3 is 0 Å². The minimum Gasteiger partial charge on any atom is -0.133 e. The predicted molar refractivity (Wildman–Crippen MR) is 50.6 cm³/mol. The summed E-state index contributed by atoms with van der Waals surface area (Å²) in [5, 5.41) is 3.15. The van der Waals surface area contributed by atoms with E-state index >= 15 is 0 Å². The molecule has 0 unspecified atom stereocenters. The molecule has 0 aromatic carbocycles. The number of hydrogen-bond donors (Lipinski definition) is 0. The van der Waals surface area contributed by atoms with E-state index in [1.165, 1.54) is 11.1 Å². The smallest absolute Gasteiger partial charge is 0 e. The summed E-state index contributed by atoms with van der Waals surface area (Å²) < 4.78 is 0. The fraction of sp³-hybridized carbons (Fsp3) is 0.500. The molecule has 2 heteroatoms. The van der Waals surface area contributed by atoms with Gasteiger partial charge in [-0.05, 0) is 49.4 Å². The van der Waals surface area contributed by atoms with Crippen LogP contribution in [0.2, 0.25) is 0 Å². The third-order valence-electron chi connectivity index (χ3n) is 2.06. The molecule has 0 fully saturated rings. The van der Waals surface area contributed by atoms with Gasteiger partial charge in [0.15, 0.2) is 0 Å². The molecule has 0 spiro atoms. The molecule has 0 nitrogen and oxygen atoms in total. The van der Waals surface area contributed by atoms with Crippen molar-refractivity contribution in [1.82, 2.24) is 0 Å². The van der Waals surface area contributed by atoms with Crippen molar-refractivity contribution in [3.8, 4) is 0 Å². The zero-order valence-electron chi connectivity index (χ0n) is 7.50. The Morgan fingerprint density at radius 3 is 1.20 bits per heavy atom. The summed E-state index contributed by atoms with van der Waals surface area (Å²) in [6.45, 7) is 8.89. The topological polar surface area (TPSA) is 0 Å². The van der Waals surface area contributed by atoms with Gasteiger partial charge >= 0.3 is 0 Å². The van der Waals surface area contributed by atoms with Crippen LogP contribution in [-0.2, 0) is 0 Å². The summed E-state index contributed by atoms with van der Waals surface area (Å²) in [5.41, 5.74) is 3.04. The Morgan fingerprint density at radius 2 is 1.10 bits per heavy atom. The van der Waals surface area contributed by atoms with E-state index in [2.05, 4.69) is 27.7 Å². The van der Waals surface area contributed by atoms with Gasteiger partial charge in [0.25, 0.3) is 0 Å². The third-order valence-corrected chi connectivity index (χ3v) is 3.56. The maximum atomic E-state index is 2.23. The molecular weight excluding hydrogens is 134 g/mol. The van der Waals surface area contributed by atoms with Crippen molar-refractivity contribution in [3.63, 3.8) is 0 Å². The van der Waals surface area contributed by atoms with Crippen LogP contribution >= 0.6 is 8.19 Å². The maximum Gasteiger partial charge on any atom is 0 e. The molecule has 0 aliphatic heterocycles. The summed E-state index contributed by atoms with van der Waals surface area (Å²) in [4.78, 5) is 0. The molecular formula is C8H13LiP. The van der Waals surface area contributed by atoms with Crippen LogP contribution in [0.4, 0.5) is 0 Å². The van der Waals surface area contributed by atoms with E-state index in [0.717, 1.165) is 8.19 Å². The van der Waals surface area contributed by atoms with Crippen LogP contribution in [-0.4, -0.2) is 18.9 Å². The molecule has 0 N–H and O–H groups in total. The van der Waals surface area contributed by atoms with Gasteiger partial charge in [-0.25, -0.2) is 0 Å². The van der Waals surface area contributed by atoms with Crippen molar-refractivity contribution >= 4 is 27.1 Å². The zero-order valence-corrected chi connectivity index (χ0v) is 8.50. The van der Waals surface area contributed by atoms with Gasteiger partial charge in [0.05, 0.1) is 0 Å². The summed E-state index contributed by atoms with van der Waals surface area (Å²) in [5.74, 6) is 0. The second kappa shape index (κ2) is 3.68. The Kier molecular flexibility index (Phi) is 3.82. The maximum absolute atomic E-state index is 2.23. The first-order valence-electron chi connectivity index (χ1n) is 3.25. The van der Waals surface area contributed by atoms with Gasteiger partial charge in [0.2, 0.25) is 0 Å². The van der Waals surface area contributed by atoms with E-state index in [1.54, 1.807) is 10.6 Å². The molecule has 1 heterocycles. The van der Waals surface area contributed by atoms with Crippen molar-refractivity contribution in [2.75, 3.05) is 0 Å². The van der Waals surface area contributed by atoms with Gasteiger partial charge in [0, 0.05) is 18.9 Å². The number of rotatable bonds is 0. The van der Waals surface area contributed by atoms with Gasteiger partial charge in [-0.3, -0.25) is 0 Å². The van der Waals surface area contributed by atoms with Crippen molar-refractivity contribution in [1.29, 1.82) is 0 Å². The zero-order chi connectivity index (χ0) is 7.02. The first-order valence-corrected chi connectivity index (χ1v) is 4.25. The SMILES string of the molecule is Cc1[pH]c(C)c(C)c1C.[Li]. The van der Waals surface area contributed by atoms with Crippen molar-refractivity contribution in [2.24, 2.45) is 0 Å². The summed E-state index contributed by atoms with van der Waals surface area (Å²) in [6, 6.07) is 0. The van der Waals surface area contributed by atoms with E-state index in [9.17, 15) is 0 Å². The Labute approximate surface area is 76.7 Å². The molecule has 0 atom stereocenters. The molecule has 0 bridgehead atoms. The predicted octanol–water partition coefficient (Wildman–Crippen LogP) is 2.57. The molecule has 0 aliphatic rings. The molecule has 1 aromatic heterocycles. The van der Waals surface area contributed by atoms with Gasteiger partial charge in [-0.15, -0.1) is 8.19 Å². The van der Waals surface area contributed by atoms with Crippen molar-refractivity contribution in [3.05, 3.63) is 21.7 Å². The van der Waals surface area contributed by atoms with Crippen LogP contribution in [0.5, 0.6) is 0 Å². The van der Waals surface area contributed by atoms with Crippen LogP contribution in [0.25, 0.3) is 0 Å². The molecule has 51 valence electrons. The summed E-state index contributed by atoms with van der Waals surface area (Å²) in [7, 11) is 0.976. The molecule has 0 saturated carbocycles. The van der Waals surface area contributed by atoms with Gasteiger partial charge in [-0.1, -0.05) is 0 Å². The van der Waals surface area contributed by atoms with E-state index in [1.807, 2.05) is 0 Å². The summed E-state index contributed by atoms with van der Waals surface area (Å²) >= 11 is 0. The molecule has 1 radical (unpaired) electrons. The van der Waals surface area contributed by atoms with E-state index < -0.39 is 0 Å². The average Bonchev–Trinajstić information content (AvgIpc) is 1.98. The summed E-state index contributed by atoms with van der Waals surface area (Å²) in [6.07, 6.45) is 0. The van der Waals surface area contributed by atoms with Crippen LogP contribution in [0, 0.1) is 27.7 Å². The van der Waals surface area contributed by atoms with Gasteiger partial charge in [-0.2, -0.15) is 0 Å². The minimum absolute atomic E-state index is 0. The average molecular weight is 147 g/mol. The number of hydrogen-bond acceptors (Lipinski definition) is 0. The van der Waals surface area contributed by atoms with E-state index in [-0.39, 0.29) is 18.9 Å². The molecule has 0 amide bonds. The van der Waals surface area contributed by atoms with Crippen LogP contribution < -0.4 is 0 Å². The van der Waals surface area contributed by atoms with Crippen LogP contribution in [0.1, 0.15) is 21.7 Å². The van der Waals surface area contributed by atoms with Crippen LogP contribution in [0.3, 0.4) is 0 Å². The third kappa shape index (κ3) is 1.70. The standard InChI is InChI=1S/C8H13P.Li/c1-5-6(2)8(4)9-7(5)3;/h9H,1-4H3;. The first-order chi connectivity index (χ1) is 4.13. The van der Waals surface area contributed by atoms with Crippen molar-refractivity contribution in [2.45, 2.75) is 27.7 Å². The van der Waals surface area contributed by atoms with E-state index in [0.29, 0.717) is 0 Å². The Bertz CT molecular complexity index is 203. The largest absolute Gasteiger partial charge is 0.133 e. The fourth-order valence-electron chi connectivity index (χ4n) is 1.03. The second-order valence-corrected chi connectivity index (χ2v) is 4.38. The molecule has 1 aromatic rings. The van der Waals surface area contributed by atoms with Crippen molar-refractivity contribution < 1.29 is 0 Å². The minimum atomic E-state index is 0. The Morgan fingerprint density at radius 1 is 0.800 bits per heavy atom. The first kappa shape index (κ1) is 10.4. The van der Waals surface area contributed by atoms with Gasteiger partial charge in [0.1, 0.15) is 0 Å². The molecule has 0 aliphatic carbocycles. The normalized spacial score (nSPS) is 9.20. The Hall–Kier alpha value is 0.377. The number of aryl methyl sites for hydroxylation is 2. The quantitative estimate of drug-likeness (QED) is 0.495. The monoisotopic (exact) mass is 147 g/mol. The second-order valence-electron chi connectivity index (χ2n) is 2.62.